The van der Waals surface area contributed by atoms with E-state index in [0.717, 1.165) is 0 Å². The zero-order valence-corrected chi connectivity index (χ0v) is 6.69. The minimum absolute atomic E-state index is 4.37. The van der Waals surface area contributed by atoms with E-state index in [2.05, 4.69) is 0 Å². The van der Waals surface area contributed by atoms with E-state index in [9.17, 15) is 48.7 Å². The Hall–Kier alpha value is -1.03. The Labute approximate surface area is 80.0 Å². The maximum Gasteiger partial charge on any atom is 0.438 e. The van der Waals surface area contributed by atoms with Crippen LogP contribution in [0.4, 0.5) is 43.9 Å². The van der Waals surface area contributed by atoms with Crippen molar-refractivity contribution in [1.29, 1.82) is 0 Å². The summed E-state index contributed by atoms with van der Waals surface area (Å²) in [7, 11) is 0. The number of rotatable bonds is 2. The Morgan fingerprint density at radius 1 is 0.688 bits per heavy atom. The summed E-state index contributed by atoms with van der Waals surface area (Å²) in [6.07, 6.45) is -14.4. The molecular formula is C5F10O. The van der Waals surface area contributed by atoms with E-state index < -0.39 is 30.0 Å². The first-order valence-electron chi connectivity index (χ1n) is 3.09. The minimum atomic E-state index is -7.27. The van der Waals surface area contributed by atoms with Crippen LogP contribution >= 0.6 is 0 Å². The normalized spacial score (nSPS) is 15.1. The predicted octanol–water partition coefficient (Wildman–Crippen LogP) is 2.95. The van der Waals surface area contributed by atoms with Crippen molar-refractivity contribution < 1.29 is 48.7 Å². The number of carbonyl (C=O) groups is 1. The molecule has 0 amide bonds. The van der Waals surface area contributed by atoms with Gasteiger partial charge in [0.05, 0.1) is 0 Å². The van der Waals surface area contributed by atoms with Gasteiger partial charge in [0.25, 0.3) is 0 Å². The smallest absolute Gasteiger partial charge is 0.254 e. The second-order valence-electron chi connectivity index (χ2n) is 2.50. The average molecular weight is 266 g/mol. The van der Waals surface area contributed by atoms with Gasteiger partial charge in [-0.15, -0.1) is 0 Å². The van der Waals surface area contributed by atoms with E-state index >= 15 is 0 Å². The van der Waals surface area contributed by atoms with Crippen LogP contribution in [0, 0.1) is 0 Å². The monoisotopic (exact) mass is 266 g/mol. The van der Waals surface area contributed by atoms with Gasteiger partial charge in [0, 0.05) is 0 Å². The van der Waals surface area contributed by atoms with Crippen molar-refractivity contribution in [3.8, 4) is 0 Å². The fraction of sp³-hybridized carbons (Fsp3) is 0.800. The zero-order valence-electron chi connectivity index (χ0n) is 6.69. The molecule has 0 spiro atoms. The van der Waals surface area contributed by atoms with E-state index in [4.69, 9.17) is 0 Å². The largest absolute Gasteiger partial charge is 0.438 e. The highest BCUT2D eigenvalue weighted by atomic mass is 19.4. The zero-order chi connectivity index (χ0) is 13.6. The first kappa shape index (κ1) is 15.0. The Bertz CT molecular complexity index is 271. The first-order valence-corrected chi connectivity index (χ1v) is 3.09. The van der Waals surface area contributed by atoms with Crippen LogP contribution in [0.15, 0.2) is 0 Å². The molecule has 0 saturated heterocycles. The van der Waals surface area contributed by atoms with Crippen molar-refractivity contribution in [3.63, 3.8) is 0 Å². The minimum Gasteiger partial charge on any atom is -0.254 e. The summed E-state index contributed by atoms with van der Waals surface area (Å²) < 4.78 is 117. The lowest BCUT2D eigenvalue weighted by Gasteiger charge is -2.33. The highest BCUT2D eigenvalue weighted by Crippen LogP contribution is 2.54. The van der Waals surface area contributed by atoms with Crippen LogP contribution in [0.25, 0.3) is 0 Å². The van der Waals surface area contributed by atoms with Gasteiger partial charge in [0.15, 0.2) is 0 Å². The third kappa shape index (κ3) is 1.82. The molecule has 11 heteroatoms. The maximum absolute atomic E-state index is 12.4. The molecule has 0 aromatic carbocycles. The molecule has 0 aliphatic rings. The molecule has 96 valence electrons. The molecule has 0 atom stereocenters. The lowest BCUT2D eigenvalue weighted by atomic mass is 9.96. The first-order chi connectivity index (χ1) is 6.69. The molecule has 0 rings (SSSR count). The summed E-state index contributed by atoms with van der Waals surface area (Å²) in [5.74, 6) is -6.90. The molecule has 1 nitrogen and oxygen atoms in total. The summed E-state index contributed by atoms with van der Waals surface area (Å²) in [6.45, 7) is 0. The molecule has 0 radical (unpaired) electrons. The molecule has 0 aromatic heterocycles. The molecular weight excluding hydrogens is 266 g/mol. The van der Waals surface area contributed by atoms with Gasteiger partial charge in [-0.05, 0) is 0 Å². The van der Waals surface area contributed by atoms with Gasteiger partial charge in [-0.25, -0.2) is 4.39 Å². The van der Waals surface area contributed by atoms with Gasteiger partial charge >= 0.3 is 30.0 Å². The van der Waals surface area contributed by atoms with Crippen LogP contribution in [-0.4, -0.2) is 30.0 Å². The molecule has 0 aromatic rings. The fourth-order valence-corrected chi connectivity index (χ4v) is 0.652. The molecule has 0 N–H and O–H groups in total. The Morgan fingerprint density at radius 2 is 0.938 bits per heavy atom. The maximum atomic E-state index is 12.4. The van der Waals surface area contributed by atoms with Gasteiger partial charge in [-0.3, -0.25) is 4.79 Å². The summed E-state index contributed by atoms with van der Waals surface area (Å²) in [4.78, 5) is 9.35. The van der Waals surface area contributed by atoms with Crippen LogP contribution in [-0.2, 0) is 4.79 Å². The molecule has 0 aliphatic heterocycles. The molecule has 0 unspecified atom stereocenters. The average Bonchev–Trinajstić information content (AvgIpc) is 1.97. The summed E-state index contributed by atoms with van der Waals surface area (Å²) >= 11 is 0. The van der Waals surface area contributed by atoms with Crippen LogP contribution in [0.5, 0.6) is 0 Å². The second-order valence-corrected chi connectivity index (χ2v) is 2.50. The molecule has 0 aliphatic carbocycles. The SMILES string of the molecule is O=C(F)C(F)(F)C(F)(C(F)(F)F)C(F)(F)F. The Morgan fingerprint density at radius 3 is 1.00 bits per heavy atom. The fourth-order valence-electron chi connectivity index (χ4n) is 0.652. The van der Waals surface area contributed by atoms with E-state index in [1.54, 1.807) is 0 Å². The van der Waals surface area contributed by atoms with Gasteiger partial charge in [-0.2, -0.15) is 39.5 Å². The highest BCUT2D eigenvalue weighted by Gasteiger charge is 2.87. The van der Waals surface area contributed by atoms with Crippen molar-refractivity contribution in [2.45, 2.75) is 23.9 Å². The Balaban J connectivity index is 5.91. The van der Waals surface area contributed by atoms with E-state index in [1.807, 2.05) is 0 Å². The molecule has 0 fully saturated rings. The third-order valence-electron chi connectivity index (χ3n) is 1.46. The number of alkyl halides is 9. The summed E-state index contributed by atoms with van der Waals surface area (Å²) in [6, 6.07) is -4.37. The van der Waals surface area contributed by atoms with Crippen LogP contribution in [0.3, 0.4) is 0 Å². The second kappa shape index (κ2) is 3.48. The van der Waals surface area contributed by atoms with Crippen molar-refractivity contribution in [1.82, 2.24) is 0 Å². The Kier molecular flexibility index (Phi) is 3.26. The van der Waals surface area contributed by atoms with Gasteiger partial charge in [0.2, 0.25) is 0 Å². The van der Waals surface area contributed by atoms with Crippen molar-refractivity contribution in [3.05, 3.63) is 0 Å². The molecule has 0 saturated carbocycles. The lowest BCUT2D eigenvalue weighted by Crippen LogP contribution is -2.66. The molecule has 16 heavy (non-hydrogen) atoms. The van der Waals surface area contributed by atoms with Crippen LogP contribution in [0.2, 0.25) is 0 Å². The van der Waals surface area contributed by atoms with Gasteiger partial charge in [0.1, 0.15) is 0 Å². The predicted molar refractivity (Wildman–Crippen MR) is 27.0 cm³/mol. The molecule has 0 bridgehead atoms. The molecule has 0 heterocycles. The number of hydrogen-bond donors (Lipinski definition) is 0. The van der Waals surface area contributed by atoms with Crippen molar-refractivity contribution >= 4 is 6.04 Å². The highest BCUT2D eigenvalue weighted by molar-refractivity contribution is 5.78. The summed E-state index contributed by atoms with van der Waals surface area (Å²) in [5, 5.41) is 0. The number of hydrogen-bond acceptors (Lipinski definition) is 1. The number of carbonyl (C=O) groups excluding carboxylic acids is 1. The topological polar surface area (TPSA) is 17.1 Å². The van der Waals surface area contributed by atoms with Crippen molar-refractivity contribution in [2.24, 2.45) is 0 Å². The standard InChI is InChI=1S/C5F10O/c6-1(16)2(7,8)3(9,4(10,11)12)5(13,14)15. The van der Waals surface area contributed by atoms with Crippen molar-refractivity contribution in [2.75, 3.05) is 0 Å². The lowest BCUT2D eigenvalue weighted by molar-refractivity contribution is -0.389. The van der Waals surface area contributed by atoms with Crippen LogP contribution < -0.4 is 0 Å². The van der Waals surface area contributed by atoms with E-state index in [-0.39, 0.29) is 0 Å². The quantitative estimate of drug-likeness (QED) is 0.554. The third-order valence-corrected chi connectivity index (χ3v) is 1.46. The van der Waals surface area contributed by atoms with E-state index in [0.29, 0.717) is 0 Å². The van der Waals surface area contributed by atoms with Gasteiger partial charge < -0.3 is 0 Å². The van der Waals surface area contributed by atoms with E-state index in [1.165, 1.54) is 0 Å². The van der Waals surface area contributed by atoms with Gasteiger partial charge in [-0.1, -0.05) is 0 Å². The number of halogens is 10. The van der Waals surface area contributed by atoms with Crippen LogP contribution in [0.1, 0.15) is 0 Å². The summed E-state index contributed by atoms with van der Waals surface area (Å²) in [5.41, 5.74) is -7.27.